The Labute approximate surface area is 206 Å². The fourth-order valence-corrected chi connectivity index (χ4v) is 5.03. The van der Waals surface area contributed by atoms with Crippen LogP contribution in [0.1, 0.15) is 41.1 Å². The molecule has 3 heterocycles. The first-order valence-electron chi connectivity index (χ1n) is 10.8. The van der Waals surface area contributed by atoms with Gasteiger partial charge in [0, 0.05) is 16.0 Å². The van der Waals surface area contributed by atoms with Crippen molar-refractivity contribution in [2.75, 3.05) is 5.75 Å². The van der Waals surface area contributed by atoms with Gasteiger partial charge in [0.1, 0.15) is 5.76 Å². The number of hydrogen-bond donors (Lipinski definition) is 1. The molecule has 0 saturated heterocycles. The average molecular weight is 495 g/mol. The van der Waals surface area contributed by atoms with E-state index in [1.54, 1.807) is 6.26 Å². The van der Waals surface area contributed by atoms with Gasteiger partial charge < -0.3 is 9.73 Å². The second-order valence-electron chi connectivity index (χ2n) is 8.78. The lowest BCUT2D eigenvalue weighted by Crippen LogP contribution is -2.34. The van der Waals surface area contributed by atoms with Crippen molar-refractivity contribution in [3.63, 3.8) is 0 Å². The number of Topliss-reactive ketones (excluding diaryl/α,β-unsaturated/α-hetero) is 1. The number of rotatable bonds is 8. The summed E-state index contributed by atoms with van der Waals surface area (Å²) in [5.41, 5.74) is 1.32. The van der Waals surface area contributed by atoms with Crippen LogP contribution in [0.25, 0.3) is 17.1 Å². The molecule has 0 unspecified atom stereocenters. The van der Waals surface area contributed by atoms with Gasteiger partial charge in [-0.25, -0.2) is 0 Å². The number of amides is 1. The van der Waals surface area contributed by atoms with E-state index in [2.05, 4.69) is 15.5 Å². The Hall–Kier alpha value is -3.17. The van der Waals surface area contributed by atoms with Crippen LogP contribution in [0.2, 0.25) is 0 Å². The molecule has 4 aromatic rings. The molecular formula is C25H26N4O3S2. The molecule has 0 fully saturated rings. The minimum atomic E-state index is -0.449. The number of nitrogens with zero attached hydrogens (tertiary/aromatic N) is 3. The summed E-state index contributed by atoms with van der Waals surface area (Å²) in [7, 11) is 0. The Morgan fingerprint density at radius 2 is 1.85 bits per heavy atom. The zero-order valence-electron chi connectivity index (χ0n) is 19.5. The average Bonchev–Trinajstić information content (AvgIpc) is 3.55. The first-order chi connectivity index (χ1) is 16.2. The molecule has 0 aliphatic carbocycles. The Morgan fingerprint density at radius 3 is 2.53 bits per heavy atom. The van der Waals surface area contributed by atoms with Crippen LogP contribution in [0.4, 0.5) is 0 Å². The number of carbonyl (C=O) groups is 2. The zero-order valence-corrected chi connectivity index (χ0v) is 21.1. The summed E-state index contributed by atoms with van der Waals surface area (Å²) in [6, 6.07) is 15.4. The second kappa shape index (κ2) is 9.99. The highest BCUT2D eigenvalue weighted by Crippen LogP contribution is 2.31. The summed E-state index contributed by atoms with van der Waals surface area (Å²) < 4.78 is 7.41. The molecule has 176 valence electrons. The third-order valence-electron chi connectivity index (χ3n) is 5.12. The first kappa shape index (κ1) is 24.0. The van der Waals surface area contributed by atoms with E-state index in [4.69, 9.17) is 4.42 Å². The SMILES string of the molecule is Cc1occc1-c1nnc(SCC(=O)c2ccc(CNC(=O)C(C)(C)C)s2)n1-c1ccccc1. The van der Waals surface area contributed by atoms with Gasteiger partial charge in [-0.3, -0.25) is 14.2 Å². The number of thioether (sulfide) groups is 1. The number of aromatic nitrogens is 3. The molecule has 0 aliphatic rings. The Balaban J connectivity index is 1.49. The molecule has 1 aromatic carbocycles. The fourth-order valence-electron chi connectivity index (χ4n) is 3.22. The summed E-state index contributed by atoms with van der Waals surface area (Å²) >= 11 is 2.75. The van der Waals surface area contributed by atoms with Crippen molar-refractivity contribution in [3.05, 3.63) is 70.3 Å². The summed E-state index contributed by atoms with van der Waals surface area (Å²) in [6.45, 7) is 7.91. The standard InChI is InChI=1S/C25H26N4O3S2/c1-16-19(12-13-32-16)22-27-28-24(29(22)17-8-6-5-7-9-17)33-15-20(30)21-11-10-18(34-21)14-26-23(31)25(2,3)4/h5-13H,14-15H2,1-4H3,(H,26,31). The van der Waals surface area contributed by atoms with Crippen molar-refractivity contribution in [2.24, 2.45) is 5.41 Å². The number of thiophene rings is 1. The largest absolute Gasteiger partial charge is 0.469 e. The lowest BCUT2D eigenvalue weighted by molar-refractivity contribution is -0.128. The van der Waals surface area contributed by atoms with Crippen molar-refractivity contribution in [2.45, 2.75) is 39.4 Å². The maximum absolute atomic E-state index is 12.9. The molecule has 4 rings (SSSR count). The second-order valence-corrected chi connectivity index (χ2v) is 10.9. The lowest BCUT2D eigenvalue weighted by Gasteiger charge is -2.17. The molecule has 0 saturated carbocycles. The third kappa shape index (κ3) is 5.31. The number of nitrogens with one attached hydrogen (secondary N) is 1. The highest BCUT2D eigenvalue weighted by molar-refractivity contribution is 7.99. The van der Waals surface area contributed by atoms with Gasteiger partial charge in [-0.1, -0.05) is 50.7 Å². The van der Waals surface area contributed by atoms with Crippen molar-refractivity contribution < 1.29 is 14.0 Å². The van der Waals surface area contributed by atoms with Gasteiger partial charge >= 0.3 is 0 Å². The topological polar surface area (TPSA) is 90.0 Å². The van der Waals surface area contributed by atoms with E-state index in [1.807, 2.05) is 80.8 Å². The van der Waals surface area contributed by atoms with Gasteiger partial charge in [-0.15, -0.1) is 21.5 Å². The Kier molecular flexibility index (Phi) is 7.04. The number of carbonyl (C=O) groups excluding carboxylic acids is 2. The fraction of sp³-hybridized carbons (Fsp3) is 0.280. The molecule has 0 radical (unpaired) electrons. The van der Waals surface area contributed by atoms with Gasteiger partial charge in [-0.2, -0.15) is 0 Å². The van der Waals surface area contributed by atoms with Crippen LogP contribution in [0.5, 0.6) is 0 Å². The molecule has 1 N–H and O–H groups in total. The zero-order chi connectivity index (χ0) is 24.3. The van der Waals surface area contributed by atoms with Crippen LogP contribution in [-0.2, 0) is 11.3 Å². The number of hydrogen-bond acceptors (Lipinski definition) is 7. The number of furan rings is 1. The first-order valence-corrected chi connectivity index (χ1v) is 12.6. The van der Waals surface area contributed by atoms with Crippen LogP contribution < -0.4 is 5.32 Å². The summed E-state index contributed by atoms with van der Waals surface area (Å²) in [6.07, 6.45) is 1.63. The normalized spacial score (nSPS) is 11.5. The van der Waals surface area contributed by atoms with E-state index in [0.29, 0.717) is 22.4 Å². The van der Waals surface area contributed by atoms with E-state index < -0.39 is 5.41 Å². The van der Waals surface area contributed by atoms with Crippen molar-refractivity contribution in [1.82, 2.24) is 20.1 Å². The number of benzene rings is 1. The highest BCUT2D eigenvalue weighted by atomic mass is 32.2. The monoisotopic (exact) mass is 494 g/mol. The molecule has 1 amide bonds. The molecule has 0 spiro atoms. The maximum atomic E-state index is 12.9. The molecule has 7 nitrogen and oxygen atoms in total. The molecule has 9 heteroatoms. The minimum absolute atomic E-state index is 0.00653. The van der Waals surface area contributed by atoms with Crippen LogP contribution in [0, 0.1) is 12.3 Å². The summed E-state index contributed by atoms with van der Waals surface area (Å²) in [4.78, 5) is 26.6. The Bertz CT molecular complexity index is 1300. The van der Waals surface area contributed by atoms with Gasteiger partial charge in [0.25, 0.3) is 0 Å². The van der Waals surface area contributed by atoms with E-state index in [1.165, 1.54) is 23.1 Å². The van der Waals surface area contributed by atoms with Gasteiger partial charge in [0.05, 0.1) is 29.0 Å². The number of aryl methyl sites for hydroxylation is 1. The molecular weight excluding hydrogens is 468 g/mol. The smallest absolute Gasteiger partial charge is 0.225 e. The lowest BCUT2D eigenvalue weighted by atomic mass is 9.96. The van der Waals surface area contributed by atoms with Crippen molar-refractivity contribution in [3.8, 4) is 17.1 Å². The minimum Gasteiger partial charge on any atom is -0.469 e. The maximum Gasteiger partial charge on any atom is 0.225 e. The molecule has 0 aliphatic heterocycles. The van der Waals surface area contributed by atoms with Gasteiger partial charge in [-0.05, 0) is 37.3 Å². The van der Waals surface area contributed by atoms with E-state index in [9.17, 15) is 9.59 Å². The van der Waals surface area contributed by atoms with Crippen molar-refractivity contribution >= 4 is 34.8 Å². The summed E-state index contributed by atoms with van der Waals surface area (Å²) in [5.74, 6) is 1.63. The number of ketones is 1. The predicted molar refractivity (Wildman–Crippen MR) is 134 cm³/mol. The molecule has 34 heavy (non-hydrogen) atoms. The highest BCUT2D eigenvalue weighted by Gasteiger charge is 2.22. The Morgan fingerprint density at radius 1 is 1.09 bits per heavy atom. The quantitative estimate of drug-likeness (QED) is 0.256. The van der Waals surface area contributed by atoms with Crippen molar-refractivity contribution in [1.29, 1.82) is 0 Å². The van der Waals surface area contributed by atoms with Crippen LogP contribution in [-0.4, -0.2) is 32.2 Å². The molecule has 0 atom stereocenters. The van der Waals surface area contributed by atoms with Gasteiger partial charge in [0.15, 0.2) is 16.8 Å². The van der Waals surface area contributed by atoms with Crippen LogP contribution in [0.3, 0.4) is 0 Å². The van der Waals surface area contributed by atoms with E-state index >= 15 is 0 Å². The van der Waals surface area contributed by atoms with E-state index in [-0.39, 0.29) is 17.4 Å². The molecule has 0 bridgehead atoms. The van der Waals surface area contributed by atoms with Gasteiger partial charge in [0.2, 0.25) is 5.91 Å². The van der Waals surface area contributed by atoms with E-state index in [0.717, 1.165) is 21.9 Å². The number of para-hydroxylation sites is 1. The predicted octanol–water partition coefficient (Wildman–Crippen LogP) is 5.53. The van der Waals surface area contributed by atoms with Crippen LogP contribution in [0.15, 0.2) is 64.4 Å². The summed E-state index contributed by atoms with van der Waals surface area (Å²) in [5, 5.41) is 12.3. The molecule has 3 aromatic heterocycles. The van der Waals surface area contributed by atoms with Crippen LogP contribution >= 0.6 is 23.1 Å². The third-order valence-corrected chi connectivity index (χ3v) is 7.18.